The number of aromatic nitrogens is 3. The fourth-order valence-electron chi connectivity index (χ4n) is 3.25. The lowest BCUT2D eigenvalue weighted by atomic mass is 10.1. The van der Waals surface area contributed by atoms with Gasteiger partial charge in [-0.05, 0) is 36.6 Å². The SMILES string of the molecule is CSc1nnc2c(n1)O[C@H](c1cccc(Oc3ccccc3)c1)Nc1ccccc1-2. The molecule has 0 bridgehead atoms. The van der Waals surface area contributed by atoms with Crippen LogP contribution in [-0.2, 0) is 0 Å². The minimum absolute atomic E-state index is 0.450. The van der Waals surface area contributed by atoms with E-state index in [1.807, 2.05) is 85.1 Å². The molecule has 0 fully saturated rings. The van der Waals surface area contributed by atoms with Crippen molar-refractivity contribution in [2.75, 3.05) is 11.6 Å². The maximum atomic E-state index is 6.28. The first-order valence-electron chi connectivity index (χ1n) is 9.44. The van der Waals surface area contributed by atoms with Crippen LogP contribution < -0.4 is 14.8 Å². The maximum absolute atomic E-state index is 6.28. The van der Waals surface area contributed by atoms with Crippen molar-refractivity contribution in [3.8, 4) is 28.6 Å². The van der Waals surface area contributed by atoms with Crippen LogP contribution in [0.15, 0.2) is 84.0 Å². The average molecular weight is 414 g/mol. The van der Waals surface area contributed by atoms with Gasteiger partial charge in [0.1, 0.15) is 11.5 Å². The summed E-state index contributed by atoms with van der Waals surface area (Å²) in [6.45, 7) is 0. The minimum Gasteiger partial charge on any atom is -0.457 e. The van der Waals surface area contributed by atoms with E-state index in [0.29, 0.717) is 16.7 Å². The zero-order chi connectivity index (χ0) is 20.3. The average Bonchev–Trinajstić information content (AvgIpc) is 2.96. The van der Waals surface area contributed by atoms with Crippen LogP contribution in [0.1, 0.15) is 11.8 Å². The number of ether oxygens (including phenoxy) is 2. The molecular weight excluding hydrogens is 396 g/mol. The van der Waals surface area contributed by atoms with Crippen LogP contribution in [0.25, 0.3) is 11.3 Å². The molecular formula is C23H18N4O2S. The molecule has 1 aliphatic heterocycles. The molecule has 3 aromatic carbocycles. The molecule has 0 saturated heterocycles. The molecule has 0 amide bonds. The summed E-state index contributed by atoms with van der Waals surface area (Å²) in [5, 5.41) is 12.6. The van der Waals surface area contributed by atoms with Gasteiger partial charge in [-0.1, -0.05) is 60.3 Å². The van der Waals surface area contributed by atoms with Crippen LogP contribution in [-0.4, -0.2) is 21.4 Å². The summed E-state index contributed by atoms with van der Waals surface area (Å²) in [7, 11) is 0. The van der Waals surface area contributed by atoms with E-state index in [1.54, 1.807) is 0 Å². The van der Waals surface area contributed by atoms with Crippen molar-refractivity contribution >= 4 is 17.4 Å². The third-order valence-electron chi connectivity index (χ3n) is 4.66. The Hall–Kier alpha value is -3.58. The second-order valence-electron chi connectivity index (χ2n) is 6.63. The minimum atomic E-state index is -0.460. The molecule has 0 unspecified atom stereocenters. The van der Waals surface area contributed by atoms with E-state index in [-0.39, 0.29) is 0 Å². The molecule has 5 rings (SSSR count). The van der Waals surface area contributed by atoms with Crippen LogP contribution in [0.4, 0.5) is 5.69 Å². The van der Waals surface area contributed by atoms with Crippen molar-refractivity contribution in [1.29, 1.82) is 0 Å². The van der Waals surface area contributed by atoms with Gasteiger partial charge in [0.2, 0.25) is 11.0 Å². The molecule has 0 aliphatic carbocycles. The van der Waals surface area contributed by atoms with Crippen molar-refractivity contribution in [2.45, 2.75) is 11.4 Å². The summed E-state index contributed by atoms with van der Waals surface area (Å²) < 4.78 is 12.3. The third kappa shape index (κ3) is 3.67. The lowest BCUT2D eigenvalue weighted by Gasteiger charge is -2.20. The quantitative estimate of drug-likeness (QED) is 0.439. The van der Waals surface area contributed by atoms with E-state index in [4.69, 9.17) is 9.47 Å². The van der Waals surface area contributed by atoms with Crippen LogP contribution in [0.3, 0.4) is 0 Å². The van der Waals surface area contributed by atoms with Gasteiger partial charge in [0, 0.05) is 16.8 Å². The monoisotopic (exact) mass is 414 g/mol. The van der Waals surface area contributed by atoms with E-state index in [0.717, 1.165) is 28.3 Å². The van der Waals surface area contributed by atoms with Gasteiger partial charge in [0.05, 0.1) is 0 Å². The molecule has 0 saturated carbocycles. The van der Waals surface area contributed by atoms with Crippen molar-refractivity contribution in [3.05, 3.63) is 84.4 Å². The van der Waals surface area contributed by atoms with Gasteiger partial charge in [-0.15, -0.1) is 10.2 Å². The van der Waals surface area contributed by atoms with Crippen molar-refractivity contribution in [2.24, 2.45) is 0 Å². The predicted molar refractivity (Wildman–Crippen MR) is 117 cm³/mol. The van der Waals surface area contributed by atoms with E-state index in [1.165, 1.54) is 11.8 Å². The number of hydrogen-bond donors (Lipinski definition) is 1. The first kappa shape index (κ1) is 18.4. The molecule has 1 aromatic heterocycles. The van der Waals surface area contributed by atoms with Crippen LogP contribution in [0.5, 0.6) is 17.4 Å². The summed E-state index contributed by atoms with van der Waals surface area (Å²) in [5.74, 6) is 1.96. The smallest absolute Gasteiger partial charge is 0.247 e. The van der Waals surface area contributed by atoms with Gasteiger partial charge in [0.25, 0.3) is 0 Å². The fraction of sp³-hybridized carbons (Fsp3) is 0.0870. The Kier molecular flexibility index (Phi) is 4.94. The Balaban J connectivity index is 1.53. The van der Waals surface area contributed by atoms with E-state index >= 15 is 0 Å². The summed E-state index contributed by atoms with van der Waals surface area (Å²) >= 11 is 1.43. The molecule has 148 valence electrons. The largest absolute Gasteiger partial charge is 0.457 e. The molecule has 1 N–H and O–H groups in total. The van der Waals surface area contributed by atoms with Gasteiger partial charge < -0.3 is 14.8 Å². The number of thioether (sulfide) groups is 1. The van der Waals surface area contributed by atoms with Gasteiger partial charge in [-0.3, -0.25) is 0 Å². The highest BCUT2D eigenvalue weighted by atomic mass is 32.2. The molecule has 30 heavy (non-hydrogen) atoms. The van der Waals surface area contributed by atoms with Crippen LogP contribution in [0.2, 0.25) is 0 Å². The molecule has 6 nitrogen and oxygen atoms in total. The number of rotatable bonds is 4. The number of hydrogen-bond acceptors (Lipinski definition) is 7. The highest BCUT2D eigenvalue weighted by molar-refractivity contribution is 7.98. The highest BCUT2D eigenvalue weighted by Crippen LogP contribution is 2.39. The van der Waals surface area contributed by atoms with Gasteiger partial charge >= 0.3 is 0 Å². The Labute approximate surface area is 178 Å². The van der Waals surface area contributed by atoms with Crippen molar-refractivity contribution in [3.63, 3.8) is 0 Å². The Morgan fingerprint density at radius 2 is 1.70 bits per heavy atom. The summed E-state index contributed by atoms with van der Waals surface area (Å²) in [6, 6.07) is 25.4. The van der Waals surface area contributed by atoms with Gasteiger partial charge in [0.15, 0.2) is 11.9 Å². The maximum Gasteiger partial charge on any atom is 0.247 e. The van der Waals surface area contributed by atoms with E-state index in [2.05, 4.69) is 20.5 Å². The highest BCUT2D eigenvalue weighted by Gasteiger charge is 2.26. The second-order valence-corrected chi connectivity index (χ2v) is 7.40. The summed E-state index contributed by atoms with van der Waals surface area (Å²) in [5.41, 5.74) is 3.34. The lowest BCUT2D eigenvalue weighted by molar-refractivity contribution is 0.225. The first-order chi connectivity index (χ1) is 14.8. The number of fused-ring (bicyclic) bond motifs is 3. The van der Waals surface area contributed by atoms with Crippen LogP contribution >= 0.6 is 11.8 Å². The molecule has 7 heteroatoms. The number of nitrogens with zero attached hydrogens (tertiary/aromatic N) is 3. The molecule has 1 aliphatic rings. The Morgan fingerprint density at radius 1 is 0.900 bits per heavy atom. The zero-order valence-electron chi connectivity index (χ0n) is 16.1. The first-order valence-corrected chi connectivity index (χ1v) is 10.7. The molecule has 0 radical (unpaired) electrons. The van der Waals surface area contributed by atoms with E-state index in [9.17, 15) is 0 Å². The normalized spacial score (nSPS) is 14.5. The number of anilines is 1. The molecule has 0 spiro atoms. The standard InChI is InChI=1S/C23H18N4O2S/c1-30-23-25-22-20(26-27-23)18-12-5-6-13-19(18)24-21(29-22)15-8-7-11-17(14-15)28-16-9-3-2-4-10-16/h2-14,21,24H,1H3/t21-/m1/s1. The predicted octanol–water partition coefficient (Wildman–Crippen LogP) is 5.56. The van der Waals surface area contributed by atoms with E-state index < -0.39 is 6.23 Å². The van der Waals surface area contributed by atoms with Crippen molar-refractivity contribution in [1.82, 2.24) is 15.2 Å². The summed E-state index contributed by atoms with van der Waals surface area (Å²) in [6.07, 6.45) is 1.45. The van der Waals surface area contributed by atoms with Gasteiger partial charge in [-0.25, -0.2) is 0 Å². The Morgan fingerprint density at radius 3 is 2.57 bits per heavy atom. The molecule has 2 heterocycles. The zero-order valence-corrected chi connectivity index (χ0v) is 17.0. The molecule has 1 atom stereocenters. The number of nitrogens with one attached hydrogen (secondary N) is 1. The fourth-order valence-corrected chi connectivity index (χ4v) is 3.55. The lowest BCUT2D eigenvalue weighted by Crippen LogP contribution is -2.17. The number of benzene rings is 3. The third-order valence-corrected chi connectivity index (χ3v) is 5.19. The van der Waals surface area contributed by atoms with Crippen LogP contribution in [0, 0.1) is 0 Å². The topological polar surface area (TPSA) is 69.2 Å². The van der Waals surface area contributed by atoms with Gasteiger partial charge in [-0.2, -0.15) is 4.98 Å². The molecule has 4 aromatic rings. The number of para-hydroxylation sites is 2. The summed E-state index contributed by atoms with van der Waals surface area (Å²) in [4.78, 5) is 4.55. The second kappa shape index (κ2) is 8.04. The Bertz CT molecular complexity index is 1190. The van der Waals surface area contributed by atoms with Crippen molar-refractivity contribution < 1.29 is 9.47 Å².